The lowest BCUT2D eigenvalue weighted by Gasteiger charge is -2.24. The Morgan fingerprint density at radius 3 is 2.20 bits per heavy atom. The Kier molecular flexibility index (Phi) is 12.2. The van der Waals surface area contributed by atoms with Gasteiger partial charge in [-0.25, -0.2) is 13.0 Å². The van der Waals surface area contributed by atoms with Gasteiger partial charge in [0.15, 0.2) is 9.84 Å². The molecule has 2 atom stereocenters. The van der Waals surface area contributed by atoms with Crippen LogP contribution < -0.4 is 9.61 Å². The van der Waals surface area contributed by atoms with Gasteiger partial charge in [-0.05, 0) is 77.0 Å². The van der Waals surface area contributed by atoms with Crippen LogP contribution in [0.1, 0.15) is 47.5 Å². The molecule has 10 nitrogen and oxygen atoms in total. The van der Waals surface area contributed by atoms with E-state index >= 15 is 0 Å². The summed E-state index contributed by atoms with van der Waals surface area (Å²) >= 11 is 0. The second-order valence-electron chi connectivity index (χ2n) is 7.48. The largest absolute Gasteiger partial charge is 0.513 e. The molecule has 0 saturated heterocycles. The lowest BCUT2D eigenvalue weighted by molar-refractivity contribution is -0.145. The van der Waals surface area contributed by atoms with Crippen molar-refractivity contribution in [2.45, 2.75) is 58.4 Å². The number of nitrogens with one attached hydrogen (secondary N) is 1. The molecule has 1 aromatic carbocycles. The maximum Gasteiger partial charge on any atom is 0.513 e. The van der Waals surface area contributed by atoms with E-state index in [-0.39, 0.29) is 48.4 Å². The van der Waals surface area contributed by atoms with Gasteiger partial charge in [0.2, 0.25) is 0 Å². The number of ether oxygens (including phenoxy) is 2. The number of esters is 2. The van der Waals surface area contributed by atoms with E-state index in [0.29, 0.717) is 5.57 Å². The first-order valence-electron chi connectivity index (χ1n) is 11.1. The smallest absolute Gasteiger partial charge is 0.466 e. The lowest BCUT2D eigenvalue weighted by atomic mass is 10.1. The fourth-order valence-electron chi connectivity index (χ4n) is 2.69. The molecule has 0 heterocycles. The number of rotatable bonds is 14. The van der Waals surface area contributed by atoms with E-state index < -0.39 is 29.6 Å². The van der Waals surface area contributed by atoms with Gasteiger partial charge in [-0.3, -0.25) is 9.59 Å². The molecule has 2 unspecified atom stereocenters. The van der Waals surface area contributed by atoms with E-state index in [1.807, 2.05) is 0 Å². The molecule has 196 valence electrons. The van der Waals surface area contributed by atoms with Crippen LogP contribution in [0.25, 0.3) is 0 Å². The Labute approximate surface area is 207 Å². The van der Waals surface area contributed by atoms with E-state index in [1.165, 1.54) is 31.2 Å². The van der Waals surface area contributed by atoms with Crippen molar-refractivity contribution in [3.8, 4) is 5.75 Å². The number of sulfone groups is 1. The number of hydrogen-bond donors (Lipinski definition) is 1. The van der Waals surface area contributed by atoms with Gasteiger partial charge in [-0.1, -0.05) is 6.08 Å². The Morgan fingerprint density at radius 2 is 1.69 bits per heavy atom. The number of allylic oxidation sites excluding steroid dienone is 3. The zero-order valence-electron chi connectivity index (χ0n) is 20.9. The summed E-state index contributed by atoms with van der Waals surface area (Å²) in [6.45, 7) is 8.61. The minimum absolute atomic E-state index is 0.0493. The average molecular weight is 532 g/mol. The van der Waals surface area contributed by atoms with Crippen molar-refractivity contribution in [3.63, 3.8) is 0 Å². The predicted molar refractivity (Wildman–Crippen MR) is 131 cm³/mol. The molecule has 0 amide bonds. The summed E-state index contributed by atoms with van der Waals surface area (Å²) in [6.07, 6.45) is 4.64. The third-order valence-corrected chi connectivity index (χ3v) is 7.16. The molecular formula is C23H34NO9PS. The Morgan fingerprint density at radius 1 is 1.09 bits per heavy atom. The summed E-state index contributed by atoms with van der Waals surface area (Å²) in [5.74, 6) is -0.821. The van der Waals surface area contributed by atoms with Gasteiger partial charge in [0.05, 0.1) is 18.1 Å². The number of benzene rings is 1. The maximum atomic E-state index is 13.8. The van der Waals surface area contributed by atoms with Crippen LogP contribution >= 0.6 is 7.75 Å². The highest BCUT2D eigenvalue weighted by atomic mass is 32.2. The first-order valence-corrected chi connectivity index (χ1v) is 14.5. The van der Waals surface area contributed by atoms with Crippen molar-refractivity contribution in [2.24, 2.45) is 0 Å². The second kappa shape index (κ2) is 14.1. The van der Waals surface area contributed by atoms with Crippen LogP contribution in [-0.4, -0.2) is 45.9 Å². The van der Waals surface area contributed by atoms with E-state index in [9.17, 15) is 22.6 Å². The third kappa shape index (κ3) is 10.7. The highest BCUT2D eigenvalue weighted by Crippen LogP contribution is 2.48. The first-order chi connectivity index (χ1) is 16.3. The van der Waals surface area contributed by atoms with Crippen LogP contribution in [0.5, 0.6) is 5.75 Å². The number of carbonyl (C=O) groups excluding carboxylic acids is 2. The lowest BCUT2D eigenvalue weighted by Crippen LogP contribution is -2.35. The Bertz CT molecular complexity index is 1080. The standard InChI is InChI=1S/C23H34NO9PS/c1-7-10-21(17(4)11-16-22(25)30-8-2)33-34(27,24-18(5)23(26)31-9-3)32-19-12-14-20(15-13-19)35(6,28)29/h7,10,12-15,18H,8-9,11,16H2,1-6H3,(H,24,27). The average Bonchev–Trinajstić information content (AvgIpc) is 2.77. The predicted octanol–water partition coefficient (Wildman–Crippen LogP) is 4.33. The minimum atomic E-state index is -4.26. The molecule has 0 aliphatic rings. The van der Waals surface area contributed by atoms with Gasteiger partial charge in [-0.2, -0.15) is 5.09 Å². The highest BCUT2D eigenvalue weighted by Gasteiger charge is 2.34. The van der Waals surface area contributed by atoms with Gasteiger partial charge in [0, 0.05) is 12.7 Å². The SMILES string of the molecule is CC=CC(OP(=O)(NC(C)C(=O)OCC)Oc1ccc(S(C)(=O)=O)cc1)=C(C)CCC(=O)OCC. The van der Waals surface area contributed by atoms with E-state index in [4.69, 9.17) is 18.5 Å². The van der Waals surface area contributed by atoms with Gasteiger partial charge in [0.1, 0.15) is 17.6 Å². The van der Waals surface area contributed by atoms with E-state index in [1.54, 1.807) is 39.8 Å². The molecular weight excluding hydrogens is 497 g/mol. The molecule has 12 heteroatoms. The molecule has 1 aromatic rings. The normalized spacial score (nSPS) is 15.0. The van der Waals surface area contributed by atoms with Crippen molar-refractivity contribution in [2.75, 3.05) is 19.5 Å². The van der Waals surface area contributed by atoms with Crippen LogP contribution in [0.3, 0.4) is 0 Å². The molecule has 0 aliphatic carbocycles. The molecule has 0 fully saturated rings. The summed E-state index contributed by atoms with van der Waals surface area (Å²) < 4.78 is 58.5. The summed E-state index contributed by atoms with van der Waals surface area (Å²) in [6, 6.07) is 4.21. The fraction of sp³-hybridized carbons (Fsp3) is 0.478. The van der Waals surface area contributed by atoms with Crippen LogP contribution in [0.2, 0.25) is 0 Å². The fourth-order valence-corrected chi connectivity index (χ4v) is 4.92. The van der Waals surface area contributed by atoms with Crippen molar-refractivity contribution < 1.29 is 41.1 Å². The number of hydrogen-bond acceptors (Lipinski definition) is 9. The van der Waals surface area contributed by atoms with Gasteiger partial charge in [0.25, 0.3) is 0 Å². The van der Waals surface area contributed by atoms with Gasteiger partial charge < -0.3 is 18.5 Å². The van der Waals surface area contributed by atoms with Gasteiger partial charge >= 0.3 is 19.7 Å². The van der Waals surface area contributed by atoms with Crippen molar-refractivity contribution in [3.05, 3.63) is 47.7 Å². The summed E-state index contributed by atoms with van der Waals surface area (Å²) in [5.41, 5.74) is 0.595. The van der Waals surface area contributed by atoms with Crippen LogP contribution in [0.4, 0.5) is 0 Å². The first kappa shape index (κ1) is 30.4. The summed E-state index contributed by atoms with van der Waals surface area (Å²) in [4.78, 5) is 23.9. The molecule has 0 saturated carbocycles. The zero-order valence-corrected chi connectivity index (χ0v) is 22.6. The molecule has 0 aliphatic heterocycles. The van der Waals surface area contributed by atoms with Crippen LogP contribution in [0, 0.1) is 0 Å². The third-order valence-electron chi connectivity index (χ3n) is 4.44. The molecule has 1 N–H and O–H groups in total. The quantitative estimate of drug-likeness (QED) is 0.160. The number of carbonyl (C=O) groups is 2. The Balaban J connectivity index is 3.30. The molecule has 0 radical (unpaired) electrons. The molecule has 1 rings (SSSR count). The van der Waals surface area contributed by atoms with Crippen molar-refractivity contribution >= 4 is 29.5 Å². The van der Waals surface area contributed by atoms with Crippen molar-refractivity contribution in [1.82, 2.24) is 5.09 Å². The van der Waals surface area contributed by atoms with E-state index in [2.05, 4.69) is 5.09 Å². The van der Waals surface area contributed by atoms with Crippen molar-refractivity contribution in [1.29, 1.82) is 0 Å². The molecule has 0 spiro atoms. The minimum Gasteiger partial charge on any atom is -0.466 e. The molecule has 0 aromatic heterocycles. The van der Waals surface area contributed by atoms with E-state index in [0.717, 1.165) is 6.26 Å². The second-order valence-corrected chi connectivity index (χ2v) is 11.1. The maximum absolute atomic E-state index is 13.8. The highest BCUT2D eigenvalue weighted by molar-refractivity contribution is 7.90. The summed E-state index contributed by atoms with van der Waals surface area (Å²) in [7, 11) is -7.70. The molecule has 35 heavy (non-hydrogen) atoms. The molecule has 0 bridgehead atoms. The van der Waals surface area contributed by atoms with Gasteiger partial charge in [-0.15, -0.1) is 0 Å². The summed E-state index contributed by atoms with van der Waals surface area (Å²) in [5, 5.41) is 2.56. The monoisotopic (exact) mass is 531 g/mol. The van der Waals surface area contributed by atoms with Crippen LogP contribution in [0.15, 0.2) is 52.6 Å². The topological polar surface area (TPSA) is 134 Å². The van der Waals surface area contributed by atoms with Crippen LogP contribution in [-0.2, 0) is 38.0 Å². The Hall–Kier alpha value is -2.62. The zero-order chi connectivity index (χ0) is 26.6.